The van der Waals surface area contributed by atoms with E-state index >= 15 is 0 Å². The average Bonchev–Trinajstić information content (AvgIpc) is 2.78. The van der Waals surface area contributed by atoms with Crippen molar-refractivity contribution in [3.05, 3.63) is 46.2 Å². The predicted octanol–water partition coefficient (Wildman–Crippen LogP) is 2.31. The van der Waals surface area contributed by atoms with Gasteiger partial charge in [0.05, 0.1) is 29.1 Å². The second-order valence-corrected chi connectivity index (χ2v) is 4.52. The maximum Gasteiger partial charge on any atom is 0.258 e. The van der Waals surface area contributed by atoms with Gasteiger partial charge in [-0.2, -0.15) is 10.4 Å². The van der Waals surface area contributed by atoms with E-state index in [1.54, 1.807) is 36.1 Å². The monoisotopic (exact) mass is 304 g/mol. The Labute approximate surface area is 112 Å². The van der Waals surface area contributed by atoms with Crippen molar-refractivity contribution in [2.75, 3.05) is 5.32 Å². The van der Waals surface area contributed by atoms with Gasteiger partial charge in [-0.05, 0) is 34.1 Å². The first kappa shape index (κ1) is 12.3. The first-order valence-corrected chi connectivity index (χ1v) is 5.89. The third kappa shape index (κ3) is 2.57. The molecule has 0 fully saturated rings. The van der Waals surface area contributed by atoms with Crippen LogP contribution in [0.1, 0.15) is 15.9 Å². The standard InChI is InChI=1S/C12H9BrN4O/c1-17-7-9(6-15-17)12(18)16-11-3-2-8(5-14)4-10(11)13/h2-4,6-7H,1H3,(H,16,18). The van der Waals surface area contributed by atoms with Crippen LogP contribution < -0.4 is 5.32 Å². The Balaban J connectivity index is 2.20. The number of nitriles is 1. The summed E-state index contributed by atoms with van der Waals surface area (Å²) in [6, 6.07) is 7.00. The summed E-state index contributed by atoms with van der Waals surface area (Å²) in [6.07, 6.45) is 3.12. The quantitative estimate of drug-likeness (QED) is 0.925. The lowest BCUT2D eigenvalue weighted by Crippen LogP contribution is -2.11. The Morgan fingerprint density at radius 2 is 2.33 bits per heavy atom. The molecule has 6 heteroatoms. The van der Waals surface area contributed by atoms with E-state index in [0.717, 1.165) is 0 Å². The summed E-state index contributed by atoms with van der Waals surface area (Å²) >= 11 is 3.31. The summed E-state index contributed by atoms with van der Waals surface area (Å²) in [6.45, 7) is 0. The van der Waals surface area contributed by atoms with E-state index in [-0.39, 0.29) is 5.91 Å². The van der Waals surface area contributed by atoms with Gasteiger partial charge in [0.1, 0.15) is 0 Å². The molecule has 0 unspecified atom stereocenters. The van der Waals surface area contributed by atoms with Gasteiger partial charge in [-0.15, -0.1) is 0 Å². The van der Waals surface area contributed by atoms with Crippen LogP contribution in [0.2, 0.25) is 0 Å². The number of nitrogens with one attached hydrogen (secondary N) is 1. The molecule has 0 aliphatic carbocycles. The molecule has 0 spiro atoms. The molecule has 0 bridgehead atoms. The molecule has 0 atom stereocenters. The molecule has 1 N–H and O–H groups in total. The minimum absolute atomic E-state index is 0.242. The Kier molecular flexibility index (Phi) is 3.44. The van der Waals surface area contributed by atoms with E-state index in [2.05, 4.69) is 26.3 Å². The van der Waals surface area contributed by atoms with Gasteiger partial charge in [0.15, 0.2) is 0 Å². The summed E-state index contributed by atoms with van der Waals surface area (Å²) in [5.41, 5.74) is 1.62. The van der Waals surface area contributed by atoms with Crippen molar-refractivity contribution in [1.82, 2.24) is 9.78 Å². The van der Waals surface area contributed by atoms with Crippen LogP contribution in [0.4, 0.5) is 5.69 Å². The number of aromatic nitrogens is 2. The summed E-state index contributed by atoms with van der Waals surface area (Å²) in [5.74, 6) is -0.242. The molecule has 0 radical (unpaired) electrons. The van der Waals surface area contributed by atoms with Crippen molar-refractivity contribution in [2.24, 2.45) is 7.05 Å². The largest absolute Gasteiger partial charge is 0.321 e. The molecule has 0 saturated heterocycles. The predicted molar refractivity (Wildman–Crippen MR) is 70.0 cm³/mol. The molecule has 2 rings (SSSR count). The Hall–Kier alpha value is -2.13. The van der Waals surface area contributed by atoms with E-state index in [4.69, 9.17) is 5.26 Å². The molecule has 90 valence electrons. The molecule has 2 aromatic rings. The molecule has 5 nitrogen and oxygen atoms in total. The normalized spacial score (nSPS) is 9.83. The summed E-state index contributed by atoms with van der Waals surface area (Å²) < 4.78 is 2.22. The van der Waals surface area contributed by atoms with Crippen molar-refractivity contribution >= 4 is 27.5 Å². The number of halogens is 1. The lowest BCUT2D eigenvalue weighted by Gasteiger charge is -2.06. The number of nitrogens with zero attached hydrogens (tertiary/aromatic N) is 3. The second-order valence-electron chi connectivity index (χ2n) is 3.66. The van der Waals surface area contributed by atoms with Crippen LogP contribution in [0.15, 0.2) is 35.1 Å². The van der Waals surface area contributed by atoms with Crippen LogP contribution in [0.5, 0.6) is 0 Å². The van der Waals surface area contributed by atoms with E-state index < -0.39 is 0 Å². The van der Waals surface area contributed by atoms with Crippen molar-refractivity contribution in [3.8, 4) is 6.07 Å². The number of aryl methyl sites for hydroxylation is 1. The zero-order valence-electron chi connectivity index (χ0n) is 9.51. The first-order valence-electron chi connectivity index (χ1n) is 5.10. The van der Waals surface area contributed by atoms with Gasteiger partial charge in [0.25, 0.3) is 5.91 Å². The fraction of sp³-hybridized carbons (Fsp3) is 0.0833. The number of rotatable bonds is 2. The van der Waals surface area contributed by atoms with Crippen molar-refractivity contribution in [1.29, 1.82) is 5.26 Å². The number of amides is 1. The third-order valence-electron chi connectivity index (χ3n) is 2.31. The molecule has 0 aliphatic heterocycles. The minimum Gasteiger partial charge on any atom is -0.321 e. The fourth-order valence-corrected chi connectivity index (χ4v) is 1.90. The SMILES string of the molecule is Cn1cc(C(=O)Nc2ccc(C#N)cc2Br)cn1. The molecular weight excluding hydrogens is 296 g/mol. The summed E-state index contributed by atoms with van der Waals surface area (Å²) in [4.78, 5) is 11.9. The summed E-state index contributed by atoms with van der Waals surface area (Å²) in [5, 5.41) is 15.4. The molecule has 0 saturated carbocycles. The Morgan fingerprint density at radius 1 is 1.56 bits per heavy atom. The Morgan fingerprint density at radius 3 is 2.89 bits per heavy atom. The average molecular weight is 305 g/mol. The highest BCUT2D eigenvalue weighted by molar-refractivity contribution is 9.10. The number of hydrogen-bond donors (Lipinski definition) is 1. The van der Waals surface area contributed by atoms with E-state index in [0.29, 0.717) is 21.3 Å². The van der Waals surface area contributed by atoms with Gasteiger partial charge in [0, 0.05) is 17.7 Å². The maximum atomic E-state index is 11.9. The molecule has 1 amide bonds. The van der Waals surface area contributed by atoms with Crippen LogP contribution in [-0.2, 0) is 7.05 Å². The lowest BCUT2D eigenvalue weighted by molar-refractivity contribution is 0.102. The van der Waals surface area contributed by atoms with Gasteiger partial charge in [-0.25, -0.2) is 0 Å². The van der Waals surface area contributed by atoms with E-state index in [9.17, 15) is 4.79 Å². The number of anilines is 1. The fourth-order valence-electron chi connectivity index (χ4n) is 1.42. The summed E-state index contributed by atoms with van der Waals surface area (Å²) in [7, 11) is 1.74. The zero-order chi connectivity index (χ0) is 13.1. The van der Waals surface area contributed by atoms with Gasteiger partial charge >= 0.3 is 0 Å². The highest BCUT2D eigenvalue weighted by Gasteiger charge is 2.10. The van der Waals surface area contributed by atoms with Crippen LogP contribution in [0.25, 0.3) is 0 Å². The van der Waals surface area contributed by atoms with E-state index in [1.807, 2.05) is 6.07 Å². The zero-order valence-corrected chi connectivity index (χ0v) is 11.1. The highest BCUT2D eigenvalue weighted by atomic mass is 79.9. The number of carbonyl (C=O) groups excluding carboxylic acids is 1. The van der Waals surface area contributed by atoms with Crippen LogP contribution in [0, 0.1) is 11.3 Å². The number of benzene rings is 1. The van der Waals surface area contributed by atoms with Gasteiger partial charge in [-0.1, -0.05) is 0 Å². The number of carbonyl (C=O) groups is 1. The molecule has 1 aromatic heterocycles. The van der Waals surface area contributed by atoms with Gasteiger partial charge in [0.2, 0.25) is 0 Å². The van der Waals surface area contributed by atoms with Crippen molar-refractivity contribution < 1.29 is 4.79 Å². The molecule has 0 aliphatic rings. The molecule has 1 aromatic carbocycles. The molecule has 18 heavy (non-hydrogen) atoms. The van der Waals surface area contributed by atoms with Crippen LogP contribution in [0.3, 0.4) is 0 Å². The van der Waals surface area contributed by atoms with Crippen LogP contribution in [-0.4, -0.2) is 15.7 Å². The highest BCUT2D eigenvalue weighted by Crippen LogP contribution is 2.23. The van der Waals surface area contributed by atoms with Crippen LogP contribution >= 0.6 is 15.9 Å². The van der Waals surface area contributed by atoms with Gasteiger partial charge in [-0.3, -0.25) is 9.48 Å². The lowest BCUT2D eigenvalue weighted by atomic mass is 10.2. The topological polar surface area (TPSA) is 70.7 Å². The van der Waals surface area contributed by atoms with E-state index in [1.165, 1.54) is 6.20 Å². The van der Waals surface area contributed by atoms with Crippen molar-refractivity contribution in [2.45, 2.75) is 0 Å². The van der Waals surface area contributed by atoms with Crippen molar-refractivity contribution in [3.63, 3.8) is 0 Å². The maximum absolute atomic E-state index is 11.9. The second kappa shape index (κ2) is 5.02. The Bertz CT molecular complexity index is 642. The third-order valence-corrected chi connectivity index (χ3v) is 2.97. The minimum atomic E-state index is -0.242. The van der Waals surface area contributed by atoms with Gasteiger partial charge < -0.3 is 5.32 Å². The number of hydrogen-bond acceptors (Lipinski definition) is 3. The first-order chi connectivity index (χ1) is 8.60. The molecular formula is C12H9BrN4O. The molecule has 1 heterocycles. The smallest absolute Gasteiger partial charge is 0.258 e.